The van der Waals surface area contributed by atoms with Gasteiger partial charge in [0.25, 0.3) is 5.19 Å². The molecule has 2 aliphatic rings. The zero-order valence-electron chi connectivity index (χ0n) is 16.8. The van der Waals surface area contributed by atoms with Crippen LogP contribution in [0.15, 0.2) is 11.6 Å². The summed E-state index contributed by atoms with van der Waals surface area (Å²) in [4.78, 5) is 14.1. The third kappa shape index (κ3) is 14.4. The fourth-order valence-corrected chi connectivity index (χ4v) is 2.79. The van der Waals surface area contributed by atoms with Gasteiger partial charge in [0.15, 0.2) is 0 Å². The molecule has 8 heteroatoms. The van der Waals surface area contributed by atoms with E-state index in [0.717, 1.165) is 13.0 Å². The van der Waals surface area contributed by atoms with E-state index in [9.17, 15) is 9.90 Å². The highest BCUT2D eigenvalue weighted by atomic mass is 32.1. The van der Waals surface area contributed by atoms with E-state index in [0.29, 0.717) is 18.3 Å². The lowest BCUT2D eigenvalue weighted by atomic mass is 10.1. The molecule has 1 amide bonds. The van der Waals surface area contributed by atoms with Gasteiger partial charge in [0.1, 0.15) is 12.7 Å². The number of hydrogen-bond acceptors (Lipinski definition) is 7. The first kappa shape index (κ1) is 23.7. The summed E-state index contributed by atoms with van der Waals surface area (Å²) in [5, 5.41) is 17.8. The summed E-state index contributed by atoms with van der Waals surface area (Å²) in [7, 11) is 0. The number of ether oxygens (including phenoxy) is 2. The van der Waals surface area contributed by atoms with Crippen LogP contribution < -0.4 is 15.4 Å². The molecular weight excluding hydrogens is 366 g/mol. The van der Waals surface area contributed by atoms with Gasteiger partial charge in [-0.05, 0) is 27.2 Å². The molecule has 1 aliphatic heterocycles. The van der Waals surface area contributed by atoms with Gasteiger partial charge in [-0.15, -0.1) is 0 Å². The van der Waals surface area contributed by atoms with Crippen molar-refractivity contribution < 1.29 is 19.4 Å². The smallest absolute Gasteiger partial charge is 0.407 e. The van der Waals surface area contributed by atoms with Crippen LogP contribution in [0.2, 0.25) is 0 Å². The van der Waals surface area contributed by atoms with Crippen molar-refractivity contribution in [3.8, 4) is 5.19 Å². The Bertz CT molecular complexity index is 472. The maximum atomic E-state index is 10.1. The summed E-state index contributed by atoms with van der Waals surface area (Å²) in [5.41, 5.74) is 0.0160. The molecule has 2 heterocycles. The van der Waals surface area contributed by atoms with Gasteiger partial charge in [0.05, 0.1) is 6.61 Å². The Morgan fingerprint density at radius 1 is 1.30 bits per heavy atom. The Hall–Kier alpha value is -1.38. The van der Waals surface area contributed by atoms with Gasteiger partial charge in [-0.2, -0.15) is 0 Å². The van der Waals surface area contributed by atoms with Crippen molar-refractivity contribution in [2.24, 2.45) is 0 Å². The Morgan fingerprint density at radius 3 is 2.37 bits per heavy atom. The van der Waals surface area contributed by atoms with Crippen molar-refractivity contribution in [2.75, 3.05) is 26.3 Å². The summed E-state index contributed by atoms with van der Waals surface area (Å²) in [6.45, 7) is 8.31. The fourth-order valence-electron chi connectivity index (χ4n) is 2.29. The van der Waals surface area contributed by atoms with Crippen molar-refractivity contribution in [3.05, 3.63) is 11.6 Å². The third-order valence-electron chi connectivity index (χ3n) is 3.75. The van der Waals surface area contributed by atoms with Gasteiger partial charge in [0.2, 0.25) is 0 Å². The van der Waals surface area contributed by atoms with Crippen molar-refractivity contribution >= 4 is 17.4 Å². The Labute approximate surface area is 166 Å². The van der Waals surface area contributed by atoms with Crippen LogP contribution in [0.4, 0.5) is 4.79 Å². The summed E-state index contributed by atoms with van der Waals surface area (Å²) in [5.74, 6) is 0. The molecule has 0 aromatic carbocycles. The highest BCUT2D eigenvalue weighted by molar-refractivity contribution is 7.11. The molecule has 1 saturated carbocycles. The van der Waals surface area contributed by atoms with Crippen LogP contribution in [0.5, 0.6) is 5.19 Å². The quantitative estimate of drug-likeness (QED) is 0.701. The Kier molecular flexibility index (Phi) is 12.0. The van der Waals surface area contributed by atoms with Gasteiger partial charge in [-0.25, -0.2) is 9.78 Å². The molecule has 27 heavy (non-hydrogen) atoms. The van der Waals surface area contributed by atoms with Crippen LogP contribution in [-0.2, 0) is 4.74 Å². The maximum absolute atomic E-state index is 10.1. The first-order valence-corrected chi connectivity index (χ1v) is 10.6. The number of carbonyl (C=O) groups excluding carboxylic acids is 1. The number of aromatic nitrogens is 1. The number of nitrogens with zero attached hydrogens (tertiary/aromatic N) is 1. The summed E-state index contributed by atoms with van der Waals surface area (Å²) in [6.07, 6.45) is 9.32. The number of thiazole rings is 1. The zero-order valence-corrected chi connectivity index (χ0v) is 17.6. The summed E-state index contributed by atoms with van der Waals surface area (Å²) >= 11 is 1.42. The molecule has 0 bridgehead atoms. The van der Waals surface area contributed by atoms with Crippen molar-refractivity contribution in [2.45, 2.75) is 70.9 Å². The summed E-state index contributed by atoms with van der Waals surface area (Å²) in [6, 6.07) is 0. The second-order valence-corrected chi connectivity index (χ2v) is 8.43. The van der Waals surface area contributed by atoms with Crippen LogP contribution in [0.3, 0.4) is 0 Å². The van der Waals surface area contributed by atoms with Crippen molar-refractivity contribution in [1.82, 2.24) is 15.6 Å². The molecule has 0 spiro atoms. The molecule has 3 rings (SSSR count). The molecule has 1 aromatic heterocycles. The van der Waals surface area contributed by atoms with Gasteiger partial charge in [-0.3, -0.25) is 0 Å². The Balaban J connectivity index is 0.000000247. The minimum absolute atomic E-state index is 0.0160. The van der Waals surface area contributed by atoms with Gasteiger partial charge >= 0.3 is 6.09 Å². The SMILES string of the molecule is C1CCCC1.CC(C)(C)NCC(O)COc1nccs1.O=C1NCCCO1. The van der Waals surface area contributed by atoms with Gasteiger partial charge < -0.3 is 25.2 Å². The predicted molar refractivity (Wildman–Crippen MR) is 108 cm³/mol. The first-order chi connectivity index (χ1) is 12.9. The topological polar surface area (TPSA) is 92.7 Å². The van der Waals surface area contributed by atoms with Crippen molar-refractivity contribution in [3.63, 3.8) is 0 Å². The molecule has 7 nitrogen and oxygen atoms in total. The van der Waals surface area contributed by atoms with E-state index in [2.05, 4.69) is 41.1 Å². The summed E-state index contributed by atoms with van der Waals surface area (Å²) < 4.78 is 9.82. The van der Waals surface area contributed by atoms with E-state index in [4.69, 9.17) is 4.74 Å². The maximum Gasteiger partial charge on any atom is 0.407 e. The minimum atomic E-state index is -0.506. The molecule has 156 valence electrons. The number of hydrogen-bond donors (Lipinski definition) is 3. The monoisotopic (exact) mass is 401 g/mol. The lowest BCUT2D eigenvalue weighted by molar-refractivity contribution is 0.0999. The molecular formula is C19H35N3O4S. The van der Waals surface area contributed by atoms with Crippen molar-refractivity contribution in [1.29, 1.82) is 0 Å². The van der Waals surface area contributed by atoms with Crippen LogP contribution in [0, 0.1) is 0 Å². The number of alkyl carbamates (subject to hydrolysis) is 1. The highest BCUT2D eigenvalue weighted by Crippen LogP contribution is 2.15. The number of cyclic esters (lactones) is 1. The standard InChI is InChI=1S/C10H18N2O2S.C5H10.C4H7NO2/c1-10(2,3)12-6-8(13)7-14-9-11-4-5-15-9;1-2-4-5-3-1;6-4-5-2-1-3-7-4/h4-5,8,12-13H,6-7H2,1-3H3;1-5H2;1-3H2,(H,5,6). The molecule has 1 atom stereocenters. The largest absolute Gasteiger partial charge is 0.467 e. The third-order valence-corrected chi connectivity index (χ3v) is 4.43. The van der Waals surface area contributed by atoms with Crippen LogP contribution >= 0.6 is 11.3 Å². The van der Waals surface area contributed by atoms with Crippen LogP contribution in [-0.4, -0.2) is 54.1 Å². The van der Waals surface area contributed by atoms with E-state index in [1.54, 1.807) is 6.20 Å². The lowest BCUT2D eigenvalue weighted by Gasteiger charge is -2.22. The average Bonchev–Trinajstić information content (AvgIpc) is 3.35. The number of aliphatic hydroxyl groups excluding tert-OH is 1. The second-order valence-electron chi connectivity index (χ2n) is 7.58. The van der Waals surface area contributed by atoms with Crippen LogP contribution in [0.25, 0.3) is 0 Å². The number of β-amino-alcohol motifs (C(OH)–C–C–N with tert-alkyl or cyclic N) is 1. The molecule has 2 fully saturated rings. The van der Waals surface area contributed by atoms with E-state index in [1.165, 1.54) is 43.4 Å². The second kappa shape index (κ2) is 13.7. The van der Waals surface area contributed by atoms with Gasteiger partial charge in [0, 0.05) is 30.2 Å². The molecule has 1 saturated heterocycles. The number of rotatable bonds is 5. The first-order valence-electron chi connectivity index (χ1n) is 9.73. The van der Waals surface area contributed by atoms with Gasteiger partial charge in [-0.1, -0.05) is 43.4 Å². The zero-order chi connectivity index (χ0) is 20.0. The average molecular weight is 402 g/mol. The van der Waals surface area contributed by atoms with E-state index in [1.807, 2.05) is 5.38 Å². The fraction of sp³-hybridized carbons (Fsp3) is 0.789. The van der Waals surface area contributed by atoms with Crippen LogP contribution in [0.1, 0.15) is 59.3 Å². The van der Waals surface area contributed by atoms with E-state index in [-0.39, 0.29) is 18.2 Å². The minimum Gasteiger partial charge on any atom is -0.467 e. The van der Waals surface area contributed by atoms with E-state index >= 15 is 0 Å². The normalized spacial score (nSPS) is 17.4. The predicted octanol–water partition coefficient (Wildman–Crippen LogP) is 3.34. The highest BCUT2D eigenvalue weighted by Gasteiger charge is 2.12. The lowest BCUT2D eigenvalue weighted by Crippen LogP contribution is -2.42. The number of aliphatic hydroxyl groups is 1. The number of carbonyl (C=O) groups is 1. The molecule has 1 aliphatic carbocycles. The molecule has 3 N–H and O–H groups in total. The number of nitrogens with one attached hydrogen (secondary N) is 2. The van der Waals surface area contributed by atoms with E-state index < -0.39 is 6.10 Å². The Morgan fingerprint density at radius 2 is 1.96 bits per heavy atom. The molecule has 1 aromatic rings. The molecule has 0 radical (unpaired) electrons. The molecule has 1 unspecified atom stereocenters. The number of amides is 1.